The molecule has 0 atom stereocenters. The summed E-state index contributed by atoms with van der Waals surface area (Å²) in [5.74, 6) is 0.0282. The number of pyridine rings is 1. The maximum absolute atomic E-state index is 11.7. The van der Waals surface area contributed by atoms with Crippen LogP contribution in [0.25, 0.3) is 0 Å². The Morgan fingerprint density at radius 1 is 1.50 bits per heavy atom. The Labute approximate surface area is 112 Å². The minimum atomic E-state index is -0.207. The maximum atomic E-state index is 11.7. The van der Waals surface area contributed by atoms with Gasteiger partial charge >= 0.3 is 0 Å². The molecule has 0 aromatic carbocycles. The molecule has 0 bridgehead atoms. The van der Waals surface area contributed by atoms with Gasteiger partial charge in [-0.3, -0.25) is 4.79 Å². The van der Waals surface area contributed by atoms with Crippen molar-refractivity contribution in [3.8, 4) is 0 Å². The first-order valence-electron chi connectivity index (χ1n) is 5.92. The Hall–Kier alpha value is -1.33. The third-order valence-corrected chi connectivity index (χ3v) is 2.37. The Balaban J connectivity index is 2.32. The van der Waals surface area contributed by atoms with Crippen LogP contribution in [0.2, 0.25) is 5.15 Å². The zero-order chi connectivity index (χ0) is 13.4. The van der Waals surface area contributed by atoms with Crippen LogP contribution >= 0.6 is 11.6 Å². The predicted molar refractivity (Wildman–Crippen MR) is 71.7 cm³/mol. The van der Waals surface area contributed by atoms with Crippen LogP contribution < -0.4 is 11.1 Å². The molecule has 3 N–H and O–H groups in total. The second-order valence-electron chi connectivity index (χ2n) is 3.83. The summed E-state index contributed by atoms with van der Waals surface area (Å²) in [6.07, 6.45) is 1.78. The highest BCUT2D eigenvalue weighted by atomic mass is 35.5. The van der Waals surface area contributed by atoms with E-state index in [4.69, 9.17) is 22.1 Å². The van der Waals surface area contributed by atoms with Crippen LogP contribution in [0, 0.1) is 0 Å². The third-order valence-electron chi connectivity index (χ3n) is 2.18. The lowest BCUT2D eigenvalue weighted by atomic mass is 10.2. The maximum Gasteiger partial charge on any atom is 0.251 e. The first-order chi connectivity index (χ1) is 8.63. The molecule has 1 amide bonds. The Kier molecular flexibility index (Phi) is 6.46. The van der Waals surface area contributed by atoms with Crippen molar-refractivity contribution in [3.63, 3.8) is 0 Å². The van der Waals surface area contributed by atoms with Gasteiger partial charge in [0.25, 0.3) is 5.91 Å². The zero-order valence-corrected chi connectivity index (χ0v) is 11.2. The van der Waals surface area contributed by atoms with Crippen molar-refractivity contribution in [2.75, 3.05) is 25.5 Å². The normalized spacial score (nSPS) is 10.3. The lowest BCUT2D eigenvalue weighted by molar-refractivity contribution is 0.0941. The van der Waals surface area contributed by atoms with Gasteiger partial charge in [0, 0.05) is 25.3 Å². The van der Waals surface area contributed by atoms with Crippen molar-refractivity contribution in [1.82, 2.24) is 10.3 Å². The van der Waals surface area contributed by atoms with Crippen LogP contribution in [0.5, 0.6) is 0 Å². The van der Waals surface area contributed by atoms with Gasteiger partial charge in [0.05, 0.1) is 0 Å². The van der Waals surface area contributed by atoms with Crippen LogP contribution in [-0.2, 0) is 4.74 Å². The standard InChI is InChI=1S/C12H18ClN3O2/c1-2-5-18-6-3-4-15-12(17)9-7-10(13)16-11(14)8-9/h7-8H,2-6H2,1H3,(H2,14,16)(H,15,17). The quantitative estimate of drug-likeness (QED) is 0.586. The number of nitrogens with zero attached hydrogens (tertiary/aromatic N) is 1. The molecule has 0 radical (unpaired) electrons. The van der Waals surface area contributed by atoms with E-state index >= 15 is 0 Å². The van der Waals surface area contributed by atoms with Gasteiger partial charge in [-0.25, -0.2) is 4.98 Å². The molecular weight excluding hydrogens is 254 g/mol. The van der Waals surface area contributed by atoms with E-state index in [2.05, 4.69) is 17.2 Å². The number of ether oxygens (including phenoxy) is 1. The van der Waals surface area contributed by atoms with E-state index in [-0.39, 0.29) is 16.9 Å². The molecule has 1 aromatic rings. The second-order valence-corrected chi connectivity index (χ2v) is 4.21. The lowest BCUT2D eigenvalue weighted by Crippen LogP contribution is -2.25. The van der Waals surface area contributed by atoms with Gasteiger partial charge in [0.15, 0.2) is 0 Å². The number of aromatic nitrogens is 1. The predicted octanol–water partition coefficient (Wildman–Crippen LogP) is 1.86. The number of amides is 1. The van der Waals surface area contributed by atoms with Gasteiger partial charge in [-0.05, 0) is 25.0 Å². The van der Waals surface area contributed by atoms with Gasteiger partial charge in [0.2, 0.25) is 0 Å². The summed E-state index contributed by atoms with van der Waals surface area (Å²) in [5, 5.41) is 2.98. The molecule has 1 heterocycles. The Morgan fingerprint density at radius 2 is 2.28 bits per heavy atom. The molecule has 5 nitrogen and oxygen atoms in total. The fourth-order valence-electron chi connectivity index (χ4n) is 1.37. The Bertz CT molecular complexity index is 379. The summed E-state index contributed by atoms with van der Waals surface area (Å²) in [6, 6.07) is 2.98. The SMILES string of the molecule is CCCOCCCNC(=O)c1cc(N)nc(Cl)c1. The van der Waals surface area contributed by atoms with Crippen LogP contribution in [0.3, 0.4) is 0 Å². The largest absolute Gasteiger partial charge is 0.384 e. The third kappa shape index (κ3) is 5.33. The Morgan fingerprint density at radius 3 is 2.94 bits per heavy atom. The number of nitrogens with one attached hydrogen (secondary N) is 1. The van der Waals surface area contributed by atoms with Crippen LogP contribution in [-0.4, -0.2) is 30.6 Å². The molecule has 6 heteroatoms. The fraction of sp³-hybridized carbons (Fsp3) is 0.500. The molecule has 1 rings (SSSR count). The summed E-state index contributed by atoms with van der Waals surface area (Å²) < 4.78 is 5.31. The molecule has 0 fully saturated rings. The van der Waals surface area contributed by atoms with Crippen molar-refractivity contribution in [3.05, 3.63) is 22.8 Å². The average Bonchev–Trinajstić information content (AvgIpc) is 2.32. The molecule has 18 heavy (non-hydrogen) atoms. The summed E-state index contributed by atoms with van der Waals surface area (Å²) >= 11 is 5.72. The number of hydrogen-bond donors (Lipinski definition) is 2. The minimum Gasteiger partial charge on any atom is -0.384 e. The van der Waals surface area contributed by atoms with Crippen LogP contribution in [0.4, 0.5) is 5.82 Å². The molecule has 0 aliphatic heterocycles. The number of anilines is 1. The molecule has 0 spiro atoms. The van der Waals surface area contributed by atoms with Gasteiger partial charge < -0.3 is 15.8 Å². The smallest absolute Gasteiger partial charge is 0.251 e. The van der Waals surface area contributed by atoms with E-state index in [1.807, 2.05) is 0 Å². The van der Waals surface area contributed by atoms with Crippen molar-refractivity contribution >= 4 is 23.3 Å². The lowest BCUT2D eigenvalue weighted by Gasteiger charge is -2.06. The van der Waals surface area contributed by atoms with Crippen molar-refractivity contribution in [2.24, 2.45) is 0 Å². The summed E-state index contributed by atoms with van der Waals surface area (Å²) in [4.78, 5) is 15.5. The number of carbonyl (C=O) groups excluding carboxylic acids is 1. The zero-order valence-electron chi connectivity index (χ0n) is 10.4. The minimum absolute atomic E-state index is 0.207. The number of nitrogens with two attached hydrogens (primary N) is 1. The van der Waals surface area contributed by atoms with Gasteiger partial charge in [0.1, 0.15) is 11.0 Å². The molecule has 0 saturated carbocycles. The topological polar surface area (TPSA) is 77.2 Å². The van der Waals surface area contributed by atoms with E-state index in [1.165, 1.54) is 12.1 Å². The second kappa shape index (κ2) is 7.89. The van der Waals surface area contributed by atoms with Crippen molar-refractivity contribution in [1.29, 1.82) is 0 Å². The van der Waals surface area contributed by atoms with Gasteiger partial charge in [-0.1, -0.05) is 18.5 Å². The van der Waals surface area contributed by atoms with Gasteiger partial charge in [-0.2, -0.15) is 0 Å². The first kappa shape index (κ1) is 14.7. The monoisotopic (exact) mass is 271 g/mol. The number of halogens is 1. The van der Waals surface area contributed by atoms with E-state index in [0.29, 0.717) is 18.7 Å². The number of nitrogen functional groups attached to an aromatic ring is 1. The van der Waals surface area contributed by atoms with Crippen LogP contribution in [0.15, 0.2) is 12.1 Å². The molecule has 1 aromatic heterocycles. The van der Waals surface area contributed by atoms with E-state index in [0.717, 1.165) is 19.4 Å². The average molecular weight is 272 g/mol. The molecule has 0 aliphatic carbocycles. The molecule has 0 saturated heterocycles. The van der Waals surface area contributed by atoms with E-state index in [1.54, 1.807) is 0 Å². The highest BCUT2D eigenvalue weighted by Gasteiger charge is 2.07. The highest BCUT2D eigenvalue weighted by molar-refractivity contribution is 6.29. The van der Waals surface area contributed by atoms with Gasteiger partial charge in [-0.15, -0.1) is 0 Å². The number of rotatable bonds is 7. The van der Waals surface area contributed by atoms with Crippen molar-refractivity contribution < 1.29 is 9.53 Å². The first-order valence-corrected chi connectivity index (χ1v) is 6.30. The van der Waals surface area contributed by atoms with Crippen LogP contribution in [0.1, 0.15) is 30.1 Å². The molecular formula is C12H18ClN3O2. The number of carbonyl (C=O) groups is 1. The number of hydrogen-bond acceptors (Lipinski definition) is 4. The summed E-state index contributed by atoms with van der Waals surface area (Å²) in [5.41, 5.74) is 5.93. The summed E-state index contributed by atoms with van der Waals surface area (Å²) in [6.45, 7) is 4.01. The molecule has 0 aliphatic rings. The van der Waals surface area contributed by atoms with Crippen molar-refractivity contribution in [2.45, 2.75) is 19.8 Å². The summed E-state index contributed by atoms with van der Waals surface area (Å²) in [7, 11) is 0. The molecule has 0 unspecified atom stereocenters. The molecule has 100 valence electrons. The highest BCUT2D eigenvalue weighted by Crippen LogP contribution is 2.11. The van der Waals surface area contributed by atoms with E-state index in [9.17, 15) is 4.79 Å². The van der Waals surface area contributed by atoms with E-state index < -0.39 is 0 Å². The fourth-order valence-corrected chi connectivity index (χ4v) is 1.59.